The topological polar surface area (TPSA) is 118 Å². The summed E-state index contributed by atoms with van der Waals surface area (Å²) in [6, 6.07) is -4.70. The number of carbonyl (C=O) groups is 3. The van der Waals surface area contributed by atoms with E-state index in [0.29, 0.717) is 0 Å². The predicted molar refractivity (Wildman–Crippen MR) is 36.0 cm³/mol. The average Bonchev–Trinajstić information content (AvgIpc) is 2.21. The maximum atomic E-state index is 11.1. The van der Waals surface area contributed by atoms with Crippen molar-refractivity contribution in [1.82, 2.24) is 10.1 Å². The van der Waals surface area contributed by atoms with Crippen molar-refractivity contribution in [1.29, 1.82) is 0 Å². The highest BCUT2D eigenvalue weighted by Crippen LogP contribution is 2.18. The van der Waals surface area contributed by atoms with Crippen LogP contribution in [0.1, 0.15) is 6.92 Å². The summed E-state index contributed by atoms with van der Waals surface area (Å²) in [4.78, 5) is 32.9. The van der Waals surface area contributed by atoms with Crippen molar-refractivity contribution < 1.29 is 34.7 Å². The summed E-state index contributed by atoms with van der Waals surface area (Å²) in [6.45, 7) is 0.826. The molecule has 0 aromatic rings. The first kappa shape index (κ1) is 10.5. The van der Waals surface area contributed by atoms with Gasteiger partial charge in [0, 0.05) is 0 Å². The molecule has 3 N–H and O–H groups in total. The van der Waals surface area contributed by atoms with Crippen molar-refractivity contribution in [2.75, 3.05) is 6.54 Å². The minimum atomic E-state index is -1.89. The van der Waals surface area contributed by atoms with Crippen LogP contribution in [0.15, 0.2) is 0 Å². The van der Waals surface area contributed by atoms with Gasteiger partial charge in [0.2, 0.25) is 0 Å². The zero-order valence-corrected chi connectivity index (χ0v) is 7.12. The number of hydroxylamine groups is 7. The van der Waals surface area contributed by atoms with E-state index in [-0.39, 0.29) is 0 Å². The third-order valence-corrected chi connectivity index (χ3v) is 1.82. The fourth-order valence-corrected chi connectivity index (χ4v) is 0.919. The molecule has 1 heterocycles. The van der Waals surface area contributed by atoms with E-state index in [9.17, 15) is 19.6 Å². The van der Waals surface area contributed by atoms with Crippen LogP contribution in [0.2, 0.25) is 0 Å². The molecule has 1 saturated heterocycles. The van der Waals surface area contributed by atoms with Crippen LogP contribution in [0.25, 0.3) is 0 Å². The van der Waals surface area contributed by atoms with Crippen LogP contribution in [-0.4, -0.2) is 55.0 Å². The lowest BCUT2D eigenvalue weighted by Gasteiger charge is -2.31. The monoisotopic (exact) mass is 206 g/mol. The fourth-order valence-electron chi connectivity index (χ4n) is 0.919. The Balaban J connectivity index is 3.17. The Morgan fingerprint density at radius 2 is 1.50 bits per heavy atom. The second kappa shape index (κ2) is 2.99. The van der Waals surface area contributed by atoms with Crippen LogP contribution in [0.3, 0.4) is 0 Å². The molecule has 6 amide bonds. The fraction of sp³-hybridized carbons (Fsp3) is 0.400. The molecule has 78 valence electrons. The molecule has 0 saturated carbocycles. The molecule has 0 aromatic heterocycles. The van der Waals surface area contributed by atoms with Crippen LogP contribution in [0, 0.1) is 0 Å². The molecule has 1 aliphatic rings. The van der Waals surface area contributed by atoms with Gasteiger partial charge in [0.15, 0.2) is 0 Å². The van der Waals surface area contributed by atoms with Gasteiger partial charge in [0.25, 0.3) is 0 Å². The molecular weight excluding hydrogens is 198 g/mol. The van der Waals surface area contributed by atoms with Gasteiger partial charge in [-0.05, 0) is 11.6 Å². The minimum absolute atomic E-state index is 0.431. The van der Waals surface area contributed by atoms with Gasteiger partial charge in [-0.3, -0.25) is 10.4 Å². The third-order valence-electron chi connectivity index (χ3n) is 1.82. The van der Waals surface area contributed by atoms with Crippen molar-refractivity contribution in [3.05, 3.63) is 0 Å². The van der Waals surface area contributed by atoms with Crippen LogP contribution < -0.4 is 0 Å². The normalized spacial score (nSPS) is 21.9. The number of carbonyl (C=O) groups excluding carboxylic acids is 3. The minimum Gasteiger partial charge on any atom is -0.273 e. The van der Waals surface area contributed by atoms with E-state index in [2.05, 4.69) is 0 Å². The second-order valence-corrected chi connectivity index (χ2v) is 2.56. The molecular formula is C5H8N3O6+. The van der Waals surface area contributed by atoms with Crippen molar-refractivity contribution in [2.24, 2.45) is 0 Å². The zero-order valence-electron chi connectivity index (χ0n) is 7.12. The van der Waals surface area contributed by atoms with Crippen LogP contribution >= 0.6 is 0 Å². The number of amides is 6. The molecule has 1 rings (SSSR count). The van der Waals surface area contributed by atoms with Gasteiger partial charge in [0.1, 0.15) is 6.54 Å². The van der Waals surface area contributed by atoms with Gasteiger partial charge < -0.3 is 0 Å². The summed E-state index contributed by atoms with van der Waals surface area (Å²) in [6.07, 6.45) is 0. The van der Waals surface area contributed by atoms with Crippen molar-refractivity contribution in [3.8, 4) is 0 Å². The van der Waals surface area contributed by atoms with Crippen LogP contribution in [0.5, 0.6) is 0 Å². The van der Waals surface area contributed by atoms with Gasteiger partial charge in [0.05, 0.1) is 0 Å². The van der Waals surface area contributed by atoms with Gasteiger partial charge in [-0.1, -0.05) is 10.1 Å². The maximum Gasteiger partial charge on any atom is 0.493 e. The Labute approximate surface area is 77.4 Å². The number of hydrogen-bond acceptors (Lipinski definition) is 6. The van der Waals surface area contributed by atoms with E-state index in [1.54, 1.807) is 0 Å². The van der Waals surface area contributed by atoms with Gasteiger partial charge >= 0.3 is 18.1 Å². The van der Waals surface area contributed by atoms with E-state index in [1.165, 1.54) is 6.92 Å². The van der Waals surface area contributed by atoms with Crippen molar-refractivity contribution in [2.45, 2.75) is 6.92 Å². The van der Waals surface area contributed by atoms with Crippen molar-refractivity contribution >= 4 is 18.1 Å². The molecule has 9 nitrogen and oxygen atoms in total. The summed E-state index contributed by atoms with van der Waals surface area (Å²) < 4.78 is -1.89. The standard InChI is InChI=1S/C5H8N3O6/c1-2-8(14)4(10)6(12)3(9)7(13)5(8)11/h12-14H,2H2,1H3/q+1. The highest BCUT2D eigenvalue weighted by atomic mass is 16.7. The third kappa shape index (κ3) is 1.08. The lowest BCUT2D eigenvalue weighted by Crippen LogP contribution is -2.70. The molecule has 9 heteroatoms. The number of urea groups is 3. The molecule has 0 spiro atoms. The zero-order chi connectivity index (χ0) is 11.1. The first-order chi connectivity index (χ1) is 6.36. The van der Waals surface area contributed by atoms with Crippen LogP contribution in [0.4, 0.5) is 14.4 Å². The molecule has 0 bridgehead atoms. The van der Waals surface area contributed by atoms with Gasteiger partial charge in [-0.25, -0.2) is 4.79 Å². The number of nitrogens with zero attached hydrogens (tertiary/aromatic N) is 3. The number of quaternary nitrogens is 1. The van der Waals surface area contributed by atoms with Gasteiger partial charge in [-0.15, -0.1) is 0 Å². The smallest absolute Gasteiger partial charge is 0.273 e. The Morgan fingerprint density at radius 1 is 1.14 bits per heavy atom. The molecule has 0 unspecified atom stereocenters. The highest BCUT2D eigenvalue weighted by molar-refractivity contribution is 6.03. The summed E-state index contributed by atoms with van der Waals surface area (Å²) >= 11 is 0. The highest BCUT2D eigenvalue weighted by Gasteiger charge is 2.59. The summed E-state index contributed by atoms with van der Waals surface area (Å²) in [7, 11) is 0. The van der Waals surface area contributed by atoms with Gasteiger partial charge in [-0.2, -0.15) is 14.8 Å². The molecule has 1 fully saturated rings. The van der Waals surface area contributed by atoms with E-state index in [4.69, 9.17) is 10.4 Å². The predicted octanol–water partition coefficient (Wildman–Crippen LogP) is -0.0317. The first-order valence-corrected chi connectivity index (χ1v) is 3.58. The van der Waals surface area contributed by atoms with E-state index < -0.39 is 39.4 Å². The lowest BCUT2D eigenvalue weighted by atomic mass is 10.5. The van der Waals surface area contributed by atoms with E-state index >= 15 is 0 Å². The van der Waals surface area contributed by atoms with E-state index in [0.717, 1.165) is 0 Å². The second-order valence-electron chi connectivity index (χ2n) is 2.56. The largest absolute Gasteiger partial charge is 0.493 e. The molecule has 1 aliphatic heterocycles. The Morgan fingerprint density at radius 3 is 1.79 bits per heavy atom. The Kier molecular flexibility index (Phi) is 2.25. The number of hydrogen-bond donors (Lipinski definition) is 3. The molecule has 0 atom stereocenters. The summed E-state index contributed by atoms with van der Waals surface area (Å²) in [5, 5.41) is 25.9. The molecule has 0 aliphatic carbocycles. The Bertz CT molecular complexity index is 291. The first-order valence-electron chi connectivity index (χ1n) is 3.58. The quantitative estimate of drug-likeness (QED) is 0.409. The number of rotatable bonds is 1. The SMILES string of the molecule is CC[N+]1(O)C(=O)N(O)C(=O)N(O)C1=O. The molecule has 0 aromatic carbocycles. The number of imide groups is 3. The molecule has 14 heavy (non-hydrogen) atoms. The van der Waals surface area contributed by atoms with E-state index in [1.807, 2.05) is 0 Å². The van der Waals surface area contributed by atoms with Crippen LogP contribution in [-0.2, 0) is 0 Å². The summed E-state index contributed by atoms with van der Waals surface area (Å²) in [5.41, 5.74) is 0. The lowest BCUT2D eigenvalue weighted by molar-refractivity contribution is -0.977. The summed E-state index contributed by atoms with van der Waals surface area (Å²) in [5.74, 6) is 0. The average molecular weight is 206 g/mol. The maximum absolute atomic E-state index is 11.1. The Hall–Kier alpha value is -1.55. The molecule has 0 radical (unpaired) electrons. The van der Waals surface area contributed by atoms with Crippen molar-refractivity contribution in [3.63, 3.8) is 0 Å².